The van der Waals surface area contributed by atoms with Gasteiger partial charge in [0.1, 0.15) is 5.69 Å². The molecule has 20 heavy (non-hydrogen) atoms. The maximum atomic E-state index is 11.4. The summed E-state index contributed by atoms with van der Waals surface area (Å²) in [5.41, 5.74) is 5.94. The van der Waals surface area contributed by atoms with Crippen LogP contribution in [-0.2, 0) is 4.79 Å². The molecule has 0 aromatic heterocycles. The highest BCUT2D eigenvalue weighted by molar-refractivity contribution is 9.10. The van der Waals surface area contributed by atoms with Crippen molar-refractivity contribution in [2.24, 2.45) is 11.7 Å². The van der Waals surface area contributed by atoms with Crippen LogP contribution in [0.15, 0.2) is 22.7 Å². The quantitative estimate of drug-likeness (QED) is 0.675. The van der Waals surface area contributed by atoms with E-state index in [1.807, 2.05) is 11.8 Å². The van der Waals surface area contributed by atoms with E-state index in [4.69, 9.17) is 5.73 Å². The lowest BCUT2D eigenvalue weighted by atomic mass is 9.92. The van der Waals surface area contributed by atoms with E-state index in [1.54, 1.807) is 12.1 Å². The van der Waals surface area contributed by atoms with E-state index in [9.17, 15) is 14.9 Å². The number of nitrogens with zero attached hydrogens (tertiary/aromatic N) is 2. The standard InChI is InChI=1S/C13H16BrN3O3/c1-8-2-3-9(13(15)18)7-16(8)11-5-4-10(14)6-12(11)17(19)20/h4-6,8-9H,2-3,7H2,1H3,(H2,15,18). The zero-order chi connectivity index (χ0) is 14.9. The summed E-state index contributed by atoms with van der Waals surface area (Å²) in [6, 6.07) is 5.10. The van der Waals surface area contributed by atoms with E-state index in [0.29, 0.717) is 16.7 Å². The molecule has 0 spiro atoms. The van der Waals surface area contributed by atoms with Gasteiger partial charge in [-0.15, -0.1) is 0 Å². The molecule has 1 saturated heterocycles. The largest absolute Gasteiger partial charge is 0.369 e. The number of piperidine rings is 1. The summed E-state index contributed by atoms with van der Waals surface area (Å²) in [5, 5.41) is 11.2. The van der Waals surface area contributed by atoms with Crippen molar-refractivity contribution in [2.45, 2.75) is 25.8 Å². The van der Waals surface area contributed by atoms with Crippen molar-refractivity contribution >= 4 is 33.2 Å². The van der Waals surface area contributed by atoms with Crippen LogP contribution in [0.25, 0.3) is 0 Å². The molecule has 0 aliphatic carbocycles. The Labute approximate surface area is 125 Å². The van der Waals surface area contributed by atoms with Crippen molar-refractivity contribution < 1.29 is 9.72 Å². The highest BCUT2D eigenvalue weighted by atomic mass is 79.9. The Kier molecular flexibility index (Phi) is 4.27. The molecule has 1 heterocycles. The fraction of sp³-hybridized carbons (Fsp3) is 0.462. The molecule has 1 aliphatic rings. The fourth-order valence-electron chi connectivity index (χ4n) is 2.56. The number of primary amides is 1. The molecule has 7 heteroatoms. The van der Waals surface area contributed by atoms with Crippen LogP contribution in [0, 0.1) is 16.0 Å². The predicted molar refractivity (Wildman–Crippen MR) is 79.5 cm³/mol. The molecule has 2 atom stereocenters. The summed E-state index contributed by atoms with van der Waals surface area (Å²) < 4.78 is 0.657. The molecule has 1 amide bonds. The third kappa shape index (κ3) is 2.92. The number of halogens is 1. The molecule has 6 nitrogen and oxygen atoms in total. The first-order valence-corrected chi connectivity index (χ1v) is 7.19. The molecule has 2 N–H and O–H groups in total. The third-order valence-electron chi connectivity index (χ3n) is 3.73. The van der Waals surface area contributed by atoms with Crippen LogP contribution in [0.5, 0.6) is 0 Å². The van der Waals surface area contributed by atoms with Gasteiger partial charge in [0.15, 0.2) is 0 Å². The van der Waals surface area contributed by atoms with E-state index in [0.717, 1.165) is 12.8 Å². The maximum absolute atomic E-state index is 11.4. The van der Waals surface area contributed by atoms with Crippen LogP contribution in [-0.4, -0.2) is 23.4 Å². The van der Waals surface area contributed by atoms with Gasteiger partial charge in [-0.2, -0.15) is 0 Å². The van der Waals surface area contributed by atoms with E-state index in [-0.39, 0.29) is 23.6 Å². The van der Waals surface area contributed by atoms with Gasteiger partial charge in [0.2, 0.25) is 5.91 Å². The molecule has 1 fully saturated rings. The lowest BCUT2D eigenvalue weighted by Gasteiger charge is -2.38. The van der Waals surface area contributed by atoms with E-state index < -0.39 is 4.92 Å². The summed E-state index contributed by atoms with van der Waals surface area (Å²) in [6.07, 6.45) is 1.53. The van der Waals surface area contributed by atoms with Gasteiger partial charge in [0.05, 0.1) is 10.8 Å². The maximum Gasteiger partial charge on any atom is 0.293 e. The van der Waals surface area contributed by atoms with Crippen LogP contribution < -0.4 is 10.6 Å². The van der Waals surface area contributed by atoms with Crippen LogP contribution in [0.1, 0.15) is 19.8 Å². The first-order valence-electron chi connectivity index (χ1n) is 6.40. The Morgan fingerprint density at radius 3 is 2.80 bits per heavy atom. The summed E-state index contributed by atoms with van der Waals surface area (Å²) in [4.78, 5) is 24.1. The lowest BCUT2D eigenvalue weighted by molar-refractivity contribution is -0.384. The molecule has 108 valence electrons. The highest BCUT2D eigenvalue weighted by Crippen LogP contribution is 2.35. The number of rotatable bonds is 3. The second-order valence-corrected chi connectivity index (χ2v) is 5.98. The fourth-order valence-corrected chi connectivity index (χ4v) is 2.91. The monoisotopic (exact) mass is 341 g/mol. The normalized spacial score (nSPS) is 22.6. The second kappa shape index (κ2) is 5.78. The van der Waals surface area contributed by atoms with Crippen molar-refractivity contribution in [3.63, 3.8) is 0 Å². The minimum absolute atomic E-state index is 0.0383. The number of amides is 1. The van der Waals surface area contributed by atoms with Crippen LogP contribution >= 0.6 is 15.9 Å². The van der Waals surface area contributed by atoms with Gasteiger partial charge in [-0.25, -0.2) is 0 Å². The van der Waals surface area contributed by atoms with Gasteiger partial charge in [-0.05, 0) is 31.9 Å². The predicted octanol–water partition coefficient (Wildman–Crippen LogP) is 2.45. The van der Waals surface area contributed by atoms with Gasteiger partial charge in [0, 0.05) is 23.1 Å². The molecule has 0 radical (unpaired) electrons. The Hall–Kier alpha value is -1.63. The van der Waals surface area contributed by atoms with Crippen molar-refractivity contribution in [2.75, 3.05) is 11.4 Å². The van der Waals surface area contributed by atoms with Gasteiger partial charge >= 0.3 is 0 Å². The zero-order valence-corrected chi connectivity index (χ0v) is 12.7. The lowest BCUT2D eigenvalue weighted by Crippen LogP contribution is -2.46. The smallest absolute Gasteiger partial charge is 0.293 e. The molecule has 0 saturated carbocycles. The van der Waals surface area contributed by atoms with Crippen molar-refractivity contribution in [3.8, 4) is 0 Å². The summed E-state index contributed by atoms with van der Waals surface area (Å²) in [5.74, 6) is -0.601. The van der Waals surface area contributed by atoms with Crippen molar-refractivity contribution in [1.82, 2.24) is 0 Å². The number of carbonyl (C=O) groups excluding carboxylic acids is 1. The molecular weight excluding hydrogens is 326 g/mol. The van der Waals surface area contributed by atoms with E-state index in [2.05, 4.69) is 15.9 Å². The molecule has 2 unspecified atom stereocenters. The highest BCUT2D eigenvalue weighted by Gasteiger charge is 2.32. The number of nitrogens with two attached hydrogens (primary N) is 1. The molecule has 0 bridgehead atoms. The van der Waals surface area contributed by atoms with Gasteiger partial charge in [0.25, 0.3) is 5.69 Å². The number of carbonyl (C=O) groups is 1. The Balaban J connectivity index is 2.38. The Bertz CT molecular complexity index is 550. The van der Waals surface area contributed by atoms with Crippen LogP contribution in [0.2, 0.25) is 0 Å². The summed E-state index contributed by atoms with van der Waals surface area (Å²) >= 11 is 3.24. The SMILES string of the molecule is CC1CCC(C(N)=O)CN1c1ccc(Br)cc1[N+](=O)[O-]. The first-order chi connectivity index (χ1) is 9.40. The van der Waals surface area contributed by atoms with E-state index >= 15 is 0 Å². The molecule has 1 aromatic rings. The van der Waals surface area contributed by atoms with Gasteiger partial charge in [-0.3, -0.25) is 14.9 Å². The van der Waals surface area contributed by atoms with E-state index in [1.165, 1.54) is 6.07 Å². The average molecular weight is 342 g/mol. The molecule has 1 aliphatic heterocycles. The molecular formula is C13H16BrN3O3. The minimum atomic E-state index is -0.402. The summed E-state index contributed by atoms with van der Waals surface area (Å²) in [7, 11) is 0. The third-order valence-corrected chi connectivity index (χ3v) is 4.22. The number of hydrogen-bond acceptors (Lipinski definition) is 4. The van der Waals surface area contributed by atoms with Gasteiger partial charge < -0.3 is 10.6 Å². The Morgan fingerprint density at radius 1 is 1.50 bits per heavy atom. The molecule has 2 rings (SSSR count). The molecule has 1 aromatic carbocycles. The number of anilines is 1. The van der Waals surface area contributed by atoms with Crippen LogP contribution in [0.3, 0.4) is 0 Å². The van der Waals surface area contributed by atoms with Gasteiger partial charge in [-0.1, -0.05) is 15.9 Å². The van der Waals surface area contributed by atoms with Crippen molar-refractivity contribution in [1.29, 1.82) is 0 Å². The first kappa shape index (κ1) is 14.8. The minimum Gasteiger partial charge on any atom is -0.369 e. The number of benzene rings is 1. The average Bonchev–Trinajstić information content (AvgIpc) is 2.39. The number of nitro benzene ring substituents is 1. The second-order valence-electron chi connectivity index (χ2n) is 5.07. The number of nitro groups is 1. The van der Waals surface area contributed by atoms with Crippen LogP contribution in [0.4, 0.5) is 11.4 Å². The zero-order valence-electron chi connectivity index (χ0n) is 11.1. The Morgan fingerprint density at radius 2 is 2.20 bits per heavy atom. The summed E-state index contributed by atoms with van der Waals surface area (Å²) in [6.45, 7) is 2.43. The topological polar surface area (TPSA) is 89.5 Å². The van der Waals surface area contributed by atoms with Crippen molar-refractivity contribution in [3.05, 3.63) is 32.8 Å². The number of hydrogen-bond donors (Lipinski definition) is 1.